The molecule has 1 aromatic heterocycles. The van der Waals surface area contributed by atoms with Gasteiger partial charge in [-0.05, 0) is 49.2 Å². The van der Waals surface area contributed by atoms with E-state index in [1.807, 2.05) is 48.5 Å². The van der Waals surface area contributed by atoms with E-state index in [-0.39, 0.29) is 6.03 Å². The van der Waals surface area contributed by atoms with E-state index >= 15 is 0 Å². The lowest BCUT2D eigenvalue weighted by atomic mass is 10.1. The molecule has 0 radical (unpaired) electrons. The molecule has 1 atom stereocenters. The predicted octanol–water partition coefficient (Wildman–Crippen LogP) is 7.28. The molecule has 0 fully saturated rings. The van der Waals surface area contributed by atoms with Crippen molar-refractivity contribution < 1.29 is 4.79 Å². The van der Waals surface area contributed by atoms with Crippen molar-refractivity contribution in [3.63, 3.8) is 0 Å². The van der Waals surface area contributed by atoms with E-state index in [1.54, 1.807) is 11.8 Å². The van der Waals surface area contributed by atoms with Crippen LogP contribution in [0.25, 0.3) is 5.69 Å². The van der Waals surface area contributed by atoms with Crippen LogP contribution >= 0.6 is 11.8 Å². The van der Waals surface area contributed by atoms with Crippen LogP contribution in [0.1, 0.15) is 34.1 Å². The maximum absolute atomic E-state index is 13.1. The second-order valence-corrected chi connectivity index (χ2v) is 10.4. The summed E-state index contributed by atoms with van der Waals surface area (Å²) in [6.45, 7) is 4.17. The molecule has 6 nitrogen and oxygen atoms in total. The van der Waals surface area contributed by atoms with Gasteiger partial charge in [-0.2, -0.15) is 0 Å². The van der Waals surface area contributed by atoms with Crippen molar-refractivity contribution >= 4 is 23.5 Å². The topological polar surface area (TPSA) is 71.8 Å². The zero-order valence-electron chi connectivity index (χ0n) is 22.0. The molecule has 5 rings (SSSR count). The summed E-state index contributed by atoms with van der Waals surface area (Å²) in [5, 5.41) is 16.1. The third kappa shape index (κ3) is 6.94. The van der Waals surface area contributed by atoms with E-state index < -0.39 is 6.04 Å². The quantitative estimate of drug-likeness (QED) is 0.195. The van der Waals surface area contributed by atoms with Crippen LogP contribution in [0, 0.1) is 13.8 Å². The first kappa shape index (κ1) is 26.3. The molecule has 0 aliphatic heterocycles. The van der Waals surface area contributed by atoms with Crippen LogP contribution in [0.3, 0.4) is 0 Å². The molecule has 0 spiro atoms. The number of urea groups is 1. The Hall–Kier alpha value is -4.36. The van der Waals surface area contributed by atoms with Crippen LogP contribution in [0.5, 0.6) is 0 Å². The lowest BCUT2D eigenvalue weighted by Gasteiger charge is -2.21. The van der Waals surface area contributed by atoms with E-state index in [1.165, 1.54) is 16.7 Å². The monoisotopic (exact) mass is 533 g/mol. The highest BCUT2D eigenvalue weighted by Crippen LogP contribution is 2.29. The van der Waals surface area contributed by atoms with Crippen molar-refractivity contribution in [1.29, 1.82) is 0 Å². The molecule has 4 aromatic carbocycles. The molecule has 0 saturated carbocycles. The van der Waals surface area contributed by atoms with E-state index in [2.05, 4.69) is 99.9 Å². The highest BCUT2D eigenvalue weighted by molar-refractivity contribution is 7.98. The first-order valence-electron chi connectivity index (χ1n) is 12.9. The van der Waals surface area contributed by atoms with Gasteiger partial charge in [0.25, 0.3) is 0 Å². The van der Waals surface area contributed by atoms with Crippen LogP contribution < -0.4 is 10.6 Å². The normalized spacial score (nSPS) is 11.6. The second-order valence-electron chi connectivity index (χ2n) is 9.50. The number of carbonyl (C=O) groups excluding carboxylic acids is 1. The van der Waals surface area contributed by atoms with Crippen LogP contribution in [0.4, 0.5) is 10.5 Å². The van der Waals surface area contributed by atoms with Gasteiger partial charge in [0.2, 0.25) is 0 Å². The smallest absolute Gasteiger partial charge is 0.319 e. The molecule has 0 aliphatic rings. The van der Waals surface area contributed by atoms with E-state index in [9.17, 15) is 4.79 Å². The van der Waals surface area contributed by atoms with Gasteiger partial charge >= 0.3 is 6.03 Å². The number of carbonyl (C=O) groups is 1. The minimum atomic E-state index is -0.418. The molecule has 2 N–H and O–H groups in total. The summed E-state index contributed by atoms with van der Waals surface area (Å²) in [5.74, 6) is 1.44. The number of aromatic nitrogens is 3. The van der Waals surface area contributed by atoms with Crippen molar-refractivity contribution in [2.75, 3.05) is 5.32 Å². The second kappa shape index (κ2) is 12.5. The fraction of sp³-hybridized carbons (Fsp3) is 0.156. The number of benzene rings is 4. The molecule has 2 amide bonds. The van der Waals surface area contributed by atoms with Crippen LogP contribution in [-0.4, -0.2) is 20.8 Å². The molecule has 196 valence electrons. The molecular formula is C32H31N5OS. The Balaban J connectivity index is 1.50. The fourth-order valence-corrected chi connectivity index (χ4v) is 5.29. The number of nitrogens with zero attached hydrogens (tertiary/aromatic N) is 3. The number of aryl methyl sites for hydroxylation is 2. The summed E-state index contributed by atoms with van der Waals surface area (Å²) in [6.07, 6.45) is 0.565. The average Bonchev–Trinajstić information content (AvgIpc) is 3.37. The Morgan fingerprint density at radius 2 is 1.49 bits per heavy atom. The summed E-state index contributed by atoms with van der Waals surface area (Å²) >= 11 is 1.63. The van der Waals surface area contributed by atoms with Gasteiger partial charge in [0, 0.05) is 23.5 Å². The van der Waals surface area contributed by atoms with Gasteiger partial charge in [-0.15, -0.1) is 10.2 Å². The van der Waals surface area contributed by atoms with E-state index in [4.69, 9.17) is 0 Å². The maximum Gasteiger partial charge on any atom is 0.319 e. The number of nitrogens with one attached hydrogen (secondary N) is 2. The number of rotatable bonds is 9. The predicted molar refractivity (Wildman–Crippen MR) is 158 cm³/mol. The molecule has 5 aromatic rings. The van der Waals surface area contributed by atoms with Crippen LogP contribution in [-0.2, 0) is 12.2 Å². The minimum absolute atomic E-state index is 0.297. The van der Waals surface area contributed by atoms with Gasteiger partial charge in [-0.3, -0.25) is 4.57 Å². The number of hydrogen-bond donors (Lipinski definition) is 2. The van der Waals surface area contributed by atoms with Gasteiger partial charge in [0.15, 0.2) is 11.0 Å². The summed E-state index contributed by atoms with van der Waals surface area (Å²) in [7, 11) is 0. The number of hydrogen-bond acceptors (Lipinski definition) is 4. The van der Waals surface area contributed by atoms with Crippen molar-refractivity contribution in [1.82, 2.24) is 20.1 Å². The Morgan fingerprint density at radius 3 is 2.21 bits per heavy atom. The lowest BCUT2D eigenvalue weighted by Crippen LogP contribution is -2.35. The minimum Gasteiger partial charge on any atom is -0.327 e. The third-order valence-electron chi connectivity index (χ3n) is 6.33. The summed E-state index contributed by atoms with van der Waals surface area (Å²) in [5.41, 5.74) is 6.39. The van der Waals surface area contributed by atoms with Gasteiger partial charge in [-0.25, -0.2) is 4.79 Å². The first-order valence-corrected chi connectivity index (χ1v) is 13.9. The number of amides is 2. The van der Waals surface area contributed by atoms with Crippen molar-refractivity contribution in [2.24, 2.45) is 0 Å². The number of anilines is 1. The standard InChI is InChI=1S/C32H31N5OS/c1-23-16-18-28(19-17-23)37-30(35-36-32(37)39-22-26-13-9-10-24(2)20-26)29(21-25-11-5-3-6-12-25)34-31(38)33-27-14-7-4-8-15-27/h3-20,29H,21-22H2,1-2H3,(H2,33,34,38). The number of para-hydroxylation sites is 1. The molecule has 39 heavy (non-hydrogen) atoms. The average molecular weight is 534 g/mol. The van der Waals surface area contributed by atoms with Gasteiger partial charge in [-0.1, -0.05) is 108 Å². The SMILES string of the molecule is Cc1ccc(-n2c(SCc3cccc(C)c3)nnc2C(Cc2ccccc2)NC(=O)Nc2ccccc2)cc1. The summed E-state index contributed by atoms with van der Waals surface area (Å²) < 4.78 is 2.07. The Bertz CT molecular complexity index is 1520. The van der Waals surface area contributed by atoms with Gasteiger partial charge < -0.3 is 10.6 Å². The largest absolute Gasteiger partial charge is 0.327 e. The zero-order valence-corrected chi connectivity index (χ0v) is 22.9. The van der Waals surface area contributed by atoms with Gasteiger partial charge in [0.05, 0.1) is 6.04 Å². The molecule has 7 heteroatoms. The van der Waals surface area contributed by atoms with Crippen LogP contribution in [0.15, 0.2) is 114 Å². The van der Waals surface area contributed by atoms with Crippen molar-refractivity contribution in [3.8, 4) is 5.69 Å². The molecule has 0 aliphatic carbocycles. The molecule has 0 bridgehead atoms. The summed E-state index contributed by atoms with van der Waals surface area (Å²) in [4.78, 5) is 13.1. The third-order valence-corrected chi connectivity index (χ3v) is 7.33. The highest BCUT2D eigenvalue weighted by atomic mass is 32.2. The highest BCUT2D eigenvalue weighted by Gasteiger charge is 2.25. The molecule has 0 saturated heterocycles. The Labute approximate surface area is 233 Å². The van der Waals surface area contributed by atoms with Crippen molar-refractivity contribution in [3.05, 3.63) is 137 Å². The van der Waals surface area contributed by atoms with Crippen LogP contribution in [0.2, 0.25) is 0 Å². The molecular weight excluding hydrogens is 502 g/mol. The zero-order chi connectivity index (χ0) is 27.0. The first-order chi connectivity index (χ1) is 19.0. The Kier molecular flexibility index (Phi) is 8.39. The van der Waals surface area contributed by atoms with Crippen molar-refractivity contribution in [2.45, 2.75) is 37.2 Å². The summed E-state index contributed by atoms with van der Waals surface area (Å²) in [6, 6.07) is 35.6. The lowest BCUT2D eigenvalue weighted by molar-refractivity contribution is 0.247. The Morgan fingerprint density at radius 1 is 0.795 bits per heavy atom. The van der Waals surface area contributed by atoms with E-state index in [0.717, 1.165) is 27.8 Å². The number of thioether (sulfide) groups is 1. The van der Waals surface area contributed by atoms with E-state index in [0.29, 0.717) is 12.2 Å². The fourth-order valence-electron chi connectivity index (χ4n) is 4.39. The van der Waals surface area contributed by atoms with Gasteiger partial charge in [0.1, 0.15) is 0 Å². The molecule has 1 heterocycles. The molecule has 1 unspecified atom stereocenters. The maximum atomic E-state index is 13.1.